The van der Waals surface area contributed by atoms with E-state index < -0.39 is 0 Å². The number of aryl methyl sites for hydroxylation is 3. The van der Waals surface area contributed by atoms with Crippen molar-refractivity contribution in [1.29, 1.82) is 0 Å². The number of pyridine rings is 2. The molecule has 138 valence electrons. The minimum absolute atomic E-state index is 0.000700. The first-order valence-corrected chi connectivity index (χ1v) is 9.06. The van der Waals surface area contributed by atoms with Crippen LogP contribution in [-0.2, 0) is 7.05 Å². The summed E-state index contributed by atoms with van der Waals surface area (Å²) >= 11 is 0. The van der Waals surface area contributed by atoms with Crippen molar-refractivity contribution in [3.8, 4) is 5.75 Å². The summed E-state index contributed by atoms with van der Waals surface area (Å²) < 4.78 is 7.66. The number of nitrogens with zero attached hydrogens (tertiary/aromatic N) is 2. The van der Waals surface area contributed by atoms with Crippen LogP contribution in [0.3, 0.4) is 0 Å². The van der Waals surface area contributed by atoms with Gasteiger partial charge in [-0.15, -0.1) is 0 Å². The Bertz CT molecular complexity index is 1020. The molecule has 0 radical (unpaired) electrons. The molecule has 2 N–H and O–H groups in total. The first kappa shape index (κ1) is 18.4. The van der Waals surface area contributed by atoms with Crippen LogP contribution in [0.5, 0.6) is 5.75 Å². The van der Waals surface area contributed by atoms with Gasteiger partial charge in [-0.2, -0.15) is 0 Å². The summed E-state index contributed by atoms with van der Waals surface area (Å²) in [6.07, 6.45) is 2.67. The van der Waals surface area contributed by atoms with Gasteiger partial charge in [0.25, 0.3) is 5.56 Å². The van der Waals surface area contributed by atoms with Gasteiger partial charge in [-0.1, -0.05) is 13.8 Å². The molecule has 3 aromatic rings. The maximum atomic E-state index is 12.8. The third-order valence-corrected chi connectivity index (χ3v) is 4.83. The Morgan fingerprint density at radius 1 is 1.23 bits per heavy atom. The topological polar surface area (TPSA) is 70.1 Å². The Labute approximate surface area is 153 Å². The molecule has 0 saturated carbocycles. The molecule has 0 saturated heterocycles. The summed E-state index contributed by atoms with van der Waals surface area (Å²) in [4.78, 5) is 17.1. The van der Waals surface area contributed by atoms with Gasteiger partial charge in [-0.3, -0.25) is 9.78 Å². The van der Waals surface area contributed by atoms with E-state index in [1.807, 2.05) is 26.0 Å². The van der Waals surface area contributed by atoms with Gasteiger partial charge in [0.05, 0.1) is 16.6 Å². The van der Waals surface area contributed by atoms with E-state index in [0.717, 1.165) is 39.7 Å². The molecule has 0 aliphatic heterocycles. The van der Waals surface area contributed by atoms with Crippen LogP contribution in [0, 0.1) is 19.8 Å². The van der Waals surface area contributed by atoms with Gasteiger partial charge in [-0.05, 0) is 49.3 Å². The van der Waals surface area contributed by atoms with Gasteiger partial charge >= 0.3 is 0 Å². The number of benzene rings is 1. The molecule has 26 heavy (non-hydrogen) atoms. The molecule has 3 rings (SSSR count). The van der Waals surface area contributed by atoms with E-state index in [-0.39, 0.29) is 11.6 Å². The Morgan fingerprint density at radius 3 is 2.65 bits per heavy atom. The third kappa shape index (κ3) is 3.31. The standard InChI is InChI=1S/C21H27N3O2/c1-12(2)8-15(22)11-26-19-10-18-17(9-13(19)3)16-6-7-23-14(4)20(16)21(25)24(18)5/h6-7,9-10,12,15H,8,11,22H2,1-5H3/t15-/m0/s1. The Balaban J connectivity index is 2.10. The molecular weight excluding hydrogens is 326 g/mol. The fourth-order valence-corrected chi connectivity index (χ4v) is 3.53. The number of fused-ring (bicyclic) bond motifs is 3. The number of hydrogen-bond donors (Lipinski definition) is 1. The smallest absolute Gasteiger partial charge is 0.260 e. The number of aromatic nitrogens is 2. The van der Waals surface area contributed by atoms with Crippen molar-refractivity contribution in [2.45, 2.75) is 40.2 Å². The monoisotopic (exact) mass is 353 g/mol. The molecule has 0 unspecified atom stereocenters. The lowest BCUT2D eigenvalue weighted by Gasteiger charge is -2.18. The van der Waals surface area contributed by atoms with Crippen molar-refractivity contribution < 1.29 is 4.74 Å². The predicted octanol–water partition coefficient (Wildman–Crippen LogP) is 3.46. The molecule has 0 bridgehead atoms. The Morgan fingerprint density at radius 2 is 1.96 bits per heavy atom. The van der Waals surface area contributed by atoms with E-state index in [2.05, 4.69) is 24.9 Å². The lowest BCUT2D eigenvalue weighted by Crippen LogP contribution is -2.29. The van der Waals surface area contributed by atoms with Crippen LogP contribution >= 0.6 is 0 Å². The molecule has 0 spiro atoms. The molecule has 0 fully saturated rings. The second kappa shape index (κ2) is 7.08. The maximum absolute atomic E-state index is 12.8. The summed E-state index contributed by atoms with van der Waals surface area (Å²) in [5.74, 6) is 1.31. The normalized spacial score (nSPS) is 12.9. The van der Waals surface area contributed by atoms with Crippen molar-refractivity contribution >= 4 is 21.7 Å². The molecule has 1 aromatic carbocycles. The lowest BCUT2D eigenvalue weighted by molar-refractivity contribution is 0.270. The first-order valence-electron chi connectivity index (χ1n) is 9.06. The summed E-state index contributed by atoms with van der Waals surface area (Å²) in [6, 6.07) is 5.94. The summed E-state index contributed by atoms with van der Waals surface area (Å²) in [7, 11) is 1.79. The molecular formula is C21H27N3O2. The van der Waals surface area contributed by atoms with Crippen LogP contribution in [0.1, 0.15) is 31.5 Å². The molecule has 0 aliphatic rings. The van der Waals surface area contributed by atoms with Crippen LogP contribution < -0.4 is 16.0 Å². The van der Waals surface area contributed by atoms with Crippen LogP contribution in [-0.4, -0.2) is 22.2 Å². The van der Waals surface area contributed by atoms with Crippen LogP contribution in [0.4, 0.5) is 0 Å². The van der Waals surface area contributed by atoms with E-state index in [1.165, 1.54) is 0 Å². The predicted molar refractivity (Wildman–Crippen MR) is 107 cm³/mol. The van der Waals surface area contributed by atoms with Gasteiger partial charge < -0.3 is 15.0 Å². The fraction of sp³-hybridized carbons (Fsp3) is 0.429. The molecule has 2 aromatic heterocycles. The summed E-state index contributed by atoms with van der Waals surface area (Å²) in [5.41, 5.74) is 8.74. The van der Waals surface area contributed by atoms with Crippen molar-refractivity contribution in [3.63, 3.8) is 0 Å². The zero-order valence-corrected chi connectivity index (χ0v) is 16.2. The second-order valence-corrected chi connectivity index (χ2v) is 7.52. The van der Waals surface area contributed by atoms with Gasteiger partial charge in [0, 0.05) is 30.7 Å². The van der Waals surface area contributed by atoms with E-state index >= 15 is 0 Å². The van der Waals surface area contributed by atoms with Crippen LogP contribution in [0.2, 0.25) is 0 Å². The minimum atomic E-state index is -0.0376. The quantitative estimate of drug-likeness (QED) is 0.713. The summed E-state index contributed by atoms with van der Waals surface area (Å²) in [6.45, 7) is 8.66. The minimum Gasteiger partial charge on any atom is -0.492 e. The Kier molecular flexibility index (Phi) is 5.01. The third-order valence-electron chi connectivity index (χ3n) is 4.83. The lowest BCUT2D eigenvalue weighted by atomic mass is 10.0. The number of rotatable bonds is 5. The largest absolute Gasteiger partial charge is 0.492 e. The molecule has 1 atom stereocenters. The first-order chi connectivity index (χ1) is 12.3. The SMILES string of the molecule is Cc1cc2c3ccnc(C)c3c(=O)n(C)c2cc1OC[C@@H](N)CC(C)C. The summed E-state index contributed by atoms with van der Waals surface area (Å²) in [5, 5.41) is 2.64. The highest BCUT2D eigenvalue weighted by Crippen LogP contribution is 2.30. The van der Waals surface area contributed by atoms with Gasteiger partial charge in [0.15, 0.2) is 0 Å². The van der Waals surface area contributed by atoms with Gasteiger partial charge in [0.1, 0.15) is 12.4 Å². The maximum Gasteiger partial charge on any atom is 0.260 e. The van der Waals surface area contributed by atoms with Crippen molar-refractivity contribution in [1.82, 2.24) is 9.55 Å². The highest BCUT2D eigenvalue weighted by molar-refractivity contribution is 6.06. The second-order valence-electron chi connectivity index (χ2n) is 7.52. The van der Waals surface area contributed by atoms with E-state index in [0.29, 0.717) is 17.9 Å². The molecule has 0 amide bonds. The molecule has 2 heterocycles. The van der Waals surface area contributed by atoms with E-state index in [1.54, 1.807) is 17.8 Å². The fourth-order valence-electron chi connectivity index (χ4n) is 3.53. The zero-order valence-electron chi connectivity index (χ0n) is 16.2. The van der Waals surface area contributed by atoms with Crippen molar-refractivity contribution in [2.24, 2.45) is 18.7 Å². The average Bonchev–Trinajstić information content (AvgIpc) is 2.57. The van der Waals surface area contributed by atoms with Gasteiger partial charge in [-0.25, -0.2) is 0 Å². The zero-order chi connectivity index (χ0) is 19.0. The molecule has 0 aliphatic carbocycles. The average molecular weight is 353 g/mol. The molecule has 5 heteroatoms. The highest BCUT2D eigenvalue weighted by Gasteiger charge is 2.14. The highest BCUT2D eigenvalue weighted by atomic mass is 16.5. The van der Waals surface area contributed by atoms with Crippen molar-refractivity contribution in [2.75, 3.05) is 6.61 Å². The van der Waals surface area contributed by atoms with Crippen molar-refractivity contribution in [3.05, 3.63) is 46.0 Å². The van der Waals surface area contributed by atoms with E-state index in [4.69, 9.17) is 10.5 Å². The van der Waals surface area contributed by atoms with Crippen LogP contribution in [0.15, 0.2) is 29.2 Å². The van der Waals surface area contributed by atoms with E-state index in [9.17, 15) is 4.79 Å². The molecule has 5 nitrogen and oxygen atoms in total. The number of hydrogen-bond acceptors (Lipinski definition) is 4. The van der Waals surface area contributed by atoms with Gasteiger partial charge in [0.2, 0.25) is 0 Å². The number of nitrogens with two attached hydrogens (primary N) is 1. The van der Waals surface area contributed by atoms with Crippen LogP contribution in [0.25, 0.3) is 21.7 Å². The Hall–Kier alpha value is -2.40. The number of ether oxygens (including phenoxy) is 1.